The highest BCUT2D eigenvalue weighted by Gasteiger charge is 2.18. The van der Waals surface area contributed by atoms with Crippen molar-refractivity contribution in [2.45, 2.75) is 25.4 Å². The quantitative estimate of drug-likeness (QED) is 0.905. The molecule has 1 atom stereocenters. The first kappa shape index (κ1) is 13.3. The van der Waals surface area contributed by atoms with E-state index < -0.39 is 0 Å². The number of hydrogen-bond donors (Lipinski definition) is 2. The van der Waals surface area contributed by atoms with E-state index in [-0.39, 0.29) is 12.0 Å². The lowest BCUT2D eigenvalue weighted by molar-refractivity contribution is 0.0911. The van der Waals surface area contributed by atoms with E-state index in [0.29, 0.717) is 17.1 Å². The van der Waals surface area contributed by atoms with Crippen molar-refractivity contribution in [3.05, 3.63) is 23.2 Å². The van der Waals surface area contributed by atoms with Crippen LogP contribution in [0.5, 0.6) is 0 Å². The first-order valence-electron chi connectivity index (χ1n) is 6.78. The minimum absolute atomic E-state index is 0.122. The largest absolute Gasteiger partial charge is 0.397 e. The number of hydrogen-bond acceptors (Lipinski definition) is 5. The molecule has 1 fully saturated rings. The van der Waals surface area contributed by atoms with Crippen molar-refractivity contribution >= 4 is 33.1 Å². The van der Waals surface area contributed by atoms with Crippen molar-refractivity contribution in [3.8, 4) is 0 Å². The zero-order valence-corrected chi connectivity index (χ0v) is 11.9. The van der Waals surface area contributed by atoms with Crippen LogP contribution >= 0.6 is 11.3 Å². The molecular weight excluding hydrogens is 274 g/mol. The second kappa shape index (κ2) is 5.76. The Hall–Kier alpha value is -1.66. The lowest BCUT2D eigenvalue weighted by Crippen LogP contribution is -2.26. The highest BCUT2D eigenvalue weighted by Crippen LogP contribution is 2.31. The topological polar surface area (TPSA) is 77.2 Å². The molecule has 1 aliphatic heterocycles. The normalized spacial score (nSPS) is 18.5. The molecule has 1 amide bonds. The molecule has 0 aliphatic carbocycles. The number of aromatic nitrogens is 1. The van der Waals surface area contributed by atoms with E-state index >= 15 is 0 Å². The van der Waals surface area contributed by atoms with Crippen LogP contribution in [-0.4, -0.2) is 30.1 Å². The van der Waals surface area contributed by atoms with Crippen LogP contribution in [-0.2, 0) is 4.74 Å². The van der Waals surface area contributed by atoms with Crippen LogP contribution < -0.4 is 11.1 Å². The highest BCUT2D eigenvalue weighted by atomic mass is 32.1. The maximum Gasteiger partial charge on any atom is 0.263 e. The SMILES string of the molecule is Nc1c(C(=O)NCCC2CCCO2)sc2ncccc12. The molecule has 0 saturated carbocycles. The van der Waals surface area contributed by atoms with Gasteiger partial charge in [0, 0.05) is 24.7 Å². The summed E-state index contributed by atoms with van der Waals surface area (Å²) in [5, 5.41) is 3.76. The number of fused-ring (bicyclic) bond motifs is 1. The first-order chi connectivity index (χ1) is 9.75. The highest BCUT2D eigenvalue weighted by molar-refractivity contribution is 7.21. The number of thiophene rings is 1. The van der Waals surface area contributed by atoms with Gasteiger partial charge in [-0.2, -0.15) is 0 Å². The van der Waals surface area contributed by atoms with Crippen molar-refractivity contribution in [1.82, 2.24) is 10.3 Å². The zero-order valence-electron chi connectivity index (χ0n) is 11.1. The van der Waals surface area contributed by atoms with Gasteiger partial charge in [0.05, 0.1) is 11.8 Å². The van der Waals surface area contributed by atoms with Crippen LogP contribution in [0.25, 0.3) is 10.2 Å². The number of anilines is 1. The lowest BCUT2D eigenvalue weighted by atomic mass is 10.2. The number of nitrogens with zero attached hydrogens (tertiary/aromatic N) is 1. The van der Waals surface area contributed by atoms with E-state index in [1.807, 2.05) is 12.1 Å². The molecule has 3 rings (SSSR count). The van der Waals surface area contributed by atoms with Gasteiger partial charge in [-0.15, -0.1) is 11.3 Å². The molecule has 106 valence electrons. The molecule has 1 saturated heterocycles. The molecular formula is C14H17N3O2S. The monoisotopic (exact) mass is 291 g/mol. The van der Waals surface area contributed by atoms with Gasteiger partial charge in [0.1, 0.15) is 9.71 Å². The second-order valence-electron chi connectivity index (χ2n) is 4.88. The van der Waals surface area contributed by atoms with Gasteiger partial charge in [0.25, 0.3) is 5.91 Å². The Morgan fingerprint density at radius 2 is 2.50 bits per heavy atom. The van der Waals surface area contributed by atoms with Crippen LogP contribution in [0.2, 0.25) is 0 Å². The number of carbonyl (C=O) groups excluding carboxylic acids is 1. The summed E-state index contributed by atoms with van der Waals surface area (Å²) in [6.45, 7) is 1.46. The third-order valence-electron chi connectivity index (χ3n) is 3.49. The molecule has 0 spiro atoms. The fraction of sp³-hybridized carbons (Fsp3) is 0.429. The van der Waals surface area contributed by atoms with E-state index in [4.69, 9.17) is 10.5 Å². The van der Waals surface area contributed by atoms with Gasteiger partial charge >= 0.3 is 0 Å². The summed E-state index contributed by atoms with van der Waals surface area (Å²) >= 11 is 1.34. The van der Waals surface area contributed by atoms with Crippen LogP contribution in [0.3, 0.4) is 0 Å². The zero-order chi connectivity index (χ0) is 13.9. The number of ether oxygens (including phenoxy) is 1. The van der Waals surface area contributed by atoms with E-state index in [2.05, 4.69) is 10.3 Å². The van der Waals surface area contributed by atoms with Gasteiger partial charge in [-0.25, -0.2) is 4.98 Å². The van der Waals surface area contributed by atoms with Gasteiger partial charge in [-0.05, 0) is 31.4 Å². The summed E-state index contributed by atoms with van der Waals surface area (Å²) < 4.78 is 5.53. The predicted molar refractivity (Wildman–Crippen MR) is 80.0 cm³/mol. The molecule has 2 aromatic heterocycles. The number of nitrogen functional groups attached to an aromatic ring is 1. The maximum absolute atomic E-state index is 12.2. The molecule has 3 N–H and O–H groups in total. The van der Waals surface area contributed by atoms with Gasteiger partial charge in [-0.3, -0.25) is 4.79 Å². The summed E-state index contributed by atoms with van der Waals surface area (Å²) in [6, 6.07) is 3.71. The van der Waals surface area contributed by atoms with Crippen LogP contribution in [0, 0.1) is 0 Å². The van der Waals surface area contributed by atoms with Crippen molar-refractivity contribution in [3.63, 3.8) is 0 Å². The Morgan fingerprint density at radius 3 is 3.25 bits per heavy atom. The minimum Gasteiger partial charge on any atom is -0.397 e. The summed E-state index contributed by atoms with van der Waals surface area (Å²) in [7, 11) is 0. The Labute approximate surface area is 121 Å². The Bertz CT molecular complexity index is 620. The number of amides is 1. The van der Waals surface area contributed by atoms with Crippen LogP contribution in [0.4, 0.5) is 5.69 Å². The fourth-order valence-electron chi connectivity index (χ4n) is 2.42. The van der Waals surface area contributed by atoms with Gasteiger partial charge in [0.15, 0.2) is 0 Å². The van der Waals surface area contributed by atoms with Crippen molar-refractivity contribution in [1.29, 1.82) is 0 Å². The third-order valence-corrected chi connectivity index (χ3v) is 4.61. The molecule has 1 unspecified atom stereocenters. The first-order valence-corrected chi connectivity index (χ1v) is 7.60. The van der Waals surface area contributed by atoms with E-state index in [1.54, 1.807) is 6.20 Å². The summed E-state index contributed by atoms with van der Waals surface area (Å²) in [6.07, 6.45) is 5.06. The predicted octanol–water partition coefficient (Wildman–Crippen LogP) is 2.18. The summed E-state index contributed by atoms with van der Waals surface area (Å²) in [5.74, 6) is -0.122. The minimum atomic E-state index is -0.122. The molecule has 1 aliphatic rings. The molecule has 6 heteroatoms. The van der Waals surface area contributed by atoms with Crippen LogP contribution in [0.1, 0.15) is 28.9 Å². The number of pyridine rings is 1. The number of nitrogens with one attached hydrogen (secondary N) is 1. The van der Waals surface area contributed by atoms with E-state index in [9.17, 15) is 4.79 Å². The van der Waals surface area contributed by atoms with Gasteiger partial charge < -0.3 is 15.8 Å². The second-order valence-corrected chi connectivity index (χ2v) is 5.88. The van der Waals surface area contributed by atoms with Gasteiger partial charge in [-0.1, -0.05) is 0 Å². The van der Waals surface area contributed by atoms with E-state index in [0.717, 1.165) is 36.1 Å². The van der Waals surface area contributed by atoms with Crippen molar-refractivity contribution in [2.24, 2.45) is 0 Å². The molecule has 0 radical (unpaired) electrons. The number of carbonyl (C=O) groups is 1. The summed E-state index contributed by atoms with van der Waals surface area (Å²) in [4.78, 5) is 17.7. The van der Waals surface area contributed by atoms with Crippen molar-refractivity contribution in [2.75, 3.05) is 18.9 Å². The smallest absolute Gasteiger partial charge is 0.263 e. The molecule has 3 heterocycles. The van der Waals surface area contributed by atoms with Crippen molar-refractivity contribution < 1.29 is 9.53 Å². The fourth-order valence-corrected chi connectivity index (χ4v) is 3.40. The average Bonchev–Trinajstić information content (AvgIpc) is 3.08. The van der Waals surface area contributed by atoms with Gasteiger partial charge in [0.2, 0.25) is 0 Å². The average molecular weight is 291 g/mol. The summed E-state index contributed by atoms with van der Waals surface area (Å²) in [5.41, 5.74) is 6.54. The molecule has 20 heavy (non-hydrogen) atoms. The Kier molecular flexibility index (Phi) is 3.84. The third kappa shape index (κ3) is 2.62. The Morgan fingerprint density at radius 1 is 1.60 bits per heavy atom. The number of nitrogens with two attached hydrogens (primary N) is 1. The molecule has 2 aromatic rings. The van der Waals surface area contributed by atoms with E-state index in [1.165, 1.54) is 11.3 Å². The molecule has 0 bridgehead atoms. The lowest BCUT2D eigenvalue weighted by Gasteiger charge is -2.09. The molecule has 0 aromatic carbocycles. The standard InChI is InChI=1S/C14H17N3O2S/c15-11-10-4-1-6-17-14(10)20-12(11)13(18)16-7-5-9-3-2-8-19-9/h1,4,6,9H,2-3,5,7-8,15H2,(H,16,18). The number of rotatable bonds is 4. The maximum atomic E-state index is 12.2. The Balaban J connectivity index is 1.64. The molecule has 5 nitrogen and oxygen atoms in total. The van der Waals surface area contributed by atoms with Crippen LogP contribution in [0.15, 0.2) is 18.3 Å².